The minimum atomic E-state index is -0.0257. The van der Waals surface area contributed by atoms with E-state index in [1.165, 1.54) is 0 Å². The maximum Gasteiger partial charge on any atom is 0.0663 e. The highest BCUT2D eigenvalue weighted by Gasteiger charge is 2.19. The second-order valence-corrected chi connectivity index (χ2v) is 5.90. The summed E-state index contributed by atoms with van der Waals surface area (Å²) in [6, 6.07) is 6.46. The summed E-state index contributed by atoms with van der Waals surface area (Å²) in [5, 5.41) is 0. The van der Waals surface area contributed by atoms with Gasteiger partial charge in [0.25, 0.3) is 0 Å². The van der Waals surface area contributed by atoms with Gasteiger partial charge in [-0.15, -0.1) is 0 Å². The third-order valence-corrected chi connectivity index (χ3v) is 3.76. The van der Waals surface area contributed by atoms with E-state index in [2.05, 4.69) is 39.9 Å². The average Bonchev–Trinajstić information content (AvgIpc) is 2.40. The molecule has 114 valence electrons. The predicted octanol–water partition coefficient (Wildman–Crippen LogP) is 2.96. The monoisotopic (exact) mass is 344 g/mol. The molecule has 1 aromatic carbocycles. The fourth-order valence-corrected chi connectivity index (χ4v) is 2.63. The molecule has 0 saturated carbocycles. The number of hydrogen-bond donors (Lipinski definition) is 1. The standard InChI is InChI=1S/C15H25BrN2O2/c1-11(10-20-4)18(7-8-19-3)15-6-5-13(16)9-14(15)12(2)17/h5-6,9,11-12H,7-8,10,17H2,1-4H3. The molecule has 2 unspecified atom stereocenters. The van der Waals surface area contributed by atoms with Crippen molar-refractivity contribution >= 4 is 21.6 Å². The zero-order chi connectivity index (χ0) is 15.1. The van der Waals surface area contributed by atoms with Crippen molar-refractivity contribution < 1.29 is 9.47 Å². The highest BCUT2D eigenvalue weighted by molar-refractivity contribution is 9.10. The van der Waals surface area contributed by atoms with Gasteiger partial charge < -0.3 is 20.1 Å². The summed E-state index contributed by atoms with van der Waals surface area (Å²) in [4.78, 5) is 2.29. The van der Waals surface area contributed by atoms with Crippen LogP contribution < -0.4 is 10.6 Å². The normalized spacial score (nSPS) is 14.1. The van der Waals surface area contributed by atoms with Crippen LogP contribution in [0.15, 0.2) is 22.7 Å². The van der Waals surface area contributed by atoms with Crippen LogP contribution in [-0.4, -0.2) is 40.0 Å². The van der Waals surface area contributed by atoms with Gasteiger partial charge in [0.1, 0.15) is 0 Å². The molecule has 1 aromatic rings. The Balaban J connectivity index is 3.11. The number of halogens is 1. The van der Waals surface area contributed by atoms with Crippen LogP contribution in [0.3, 0.4) is 0 Å². The summed E-state index contributed by atoms with van der Waals surface area (Å²) in [5.74, 6) is 0. The Morgan fingerprint density at radius 2 is 1.95 bits per heavy atom. The molecule has 4 nitrogen and oxygen atoms in total. The number of benzene rings is 1. The highest BCUT2D eigenvalue weighted by Crippen LogP contribution is 2.29. The van der Waals surface area contributed by atoms with Crippen LogP contribution in [0, 0.1) is 0 Å². The Morgan fingerprint density at radius 1 is 1.25 bits per heavy atom. The zero-order valence-corrected chi connectivity index (χ0v) is 14.3. The molecule has 0 heterocycles. The summed E-state index contributed by atoms with van der Waals surface area (Å²) >= 11 is 3.51. The number of hydrogen-bond acceptors (Lipinski definition) is 4. The minimum absolute atomic E-state index is 0.0257. The molecular weight excluding hydrogens is 320 g/mol. The number of ether oxygens (including phenoxy) is 2. The lowest BCUT2D eigenvalue weighted by atomic mass is 10.0. The maximum absolute atomic E-state index is 6.11. The molecule has 0 aliphatic carbocycles. The molecule has 0 bridgehead atoms. The van der Waals surface area contributed by atoms with E-state index in [0.29, 0.717) is 13.2 Å². The molecule has 0 aromatic heterocycles. The summed E-state index contributed by atoms with van der Waals surface area (Å²) in [6.07, 6.45) is 0. The van der Waals surface area contributed by atoms with Gasteiger partial charge in [-0.3, -0.25) is 0 Å². The summed E-state index contributed by atoms with van der Waals surface area (Å²) < 4.78 is 11.6. The topological polar surface area (TPSA) is 47.7 Å². The largest absolute Gasteiger partial charge is 0.383 e. The predicted molar refractivity (Wildman–Crippen MR) is 87.3 cm³/mol. The summed E-state index contributed by atoms with van der Waals surface area (Å²) in [5.41, 5.74) is 8.38. The molecule has 0 aliphatic heterocycles. The summed E-state index contributed by atoms with van der Waals surface area (Å²) in [6.45, 7) is 6.29. The Kier molecular flexibility index (Phi) is 7.51. The fraction of sp³-hybridized carbons (Fsp3) is 0.600. The van der Waals surface area contributed by atoms with Crippen LogP contribution in [0.1, 0.15) is 25.5 Å². The van der Waals surface area contributed by atoms with Gasteiger partial charge in [-0.1, -0.05) is 15.9 Å². The van der Waals surface area contributed by atoms with E-state index in [1.807, 2.05) is 13.0 Å². The van der Waals surface area contributed by atoms with Crippen molar-refractivity contribution in [2.75, 3.05) is 38.9 Å². The number of anilines is 1. The quantitative estimate of drug-likeness (QED) is 0.787. The van der Waals surface area contributed by atoms with Gasteiger partial charge >= 0.3 is 0 Å². The van der Waals surface area contributed by atoms with Crippen LogP contribution in [0.25, 0.3) is 0 Å². The Labute approximate surface area is 130 Å². The Morgan fingerprint density at radius 3 is 2.50 bits per heavy atom. The van der Waals surface area contributed by atoms with Crippen molar-refractivity contribution in [2.24, 2.45) is 5.73 Å². The summed E-state index contributed by atoms with van der Waals surface area (Å²) in [7, 11) is 3.44. The number of nitrogens with zero attached hydrogens (tertiary/aromatic N) is 1. The number of nitrogens with two attached hydrogens (primary N) is 1. The van der Waals surface area contributed by atoms with Crippen LogP contribution in [0.2, 0.25) is 0 Å². The van der Waals surface area contributed by atoms with E-state index in [1.54, 1.807) is 14.2 Å². The van der Waals surface area contributed by atoms with E-state index in [0.717, 1.165) is 22.3 Å². The first-order valence-corrected chi connectivity index (χ1v) is 7.60. The molecule has 0 radical (unpaired) electrons. The van der Waals surface area contributed by atoms with E-state index >= 15 is 0 Å². The first kappa shape index (κ1) is 17.4. The average molecular weight is 345 g/mol. The van der Waals surface area contributed by atoms with Gasteiger partial charge in [0, 0.05) is 43.0 Å². The molecule has 2 atom stereocenters. The van der Waals surface area contributed by atoms with Gasteiger partial charge in [-0.25, -0.2) is 0 Å². The maximum atomic E-state index is 6.11. The van der Waals surface area contributed by atoms with E-state index in [9.17, 15) is 0 Å². The minimum Gasteiger partial charge on any atom is -0.383 e. The highest BCUT2D eigenvalue weighted by atomic mass is 79.9. The van der Waals surface area contributed by atoms with Gasteiger partial charge in [0.15, 0.2) is 0 Å². The van der Waals surface area contributed by atoms with Crippen molar-refractivity contribution in [3.05, 3.63) is 28.2 Å². The van der Waals surface area contributed by atoms with Crippen molar-refractivity contribution in [3.8, 4) is 0 Å². The first-order valence-electron chi connectivity index (χ1n) is 6.80. The lowest BCUT2D eigenvalue weighted by molar-refractivity contribution is 0.171. The van der Waals surface area contributed by atoms with Crippen molar-refractivity contribution in [2.45, 2.75) is 25.9 Å². The SMILES string of the molecule is COCCN(c1ccc(Br)cc1C(C)N)C(C)COC. The first-order chi connectivity index (χ1) is 9.51. The number of methoxy groups -OCH3 is 2. The number of rotatable bonds is 8. The van der Waals surface area contributed by atoms with Crippen LogP contribution >= 0.6 is 15.9 Å². The Bertz CT molecular complexity index is 413. The third kappa shape index (κ3) is 4.74. The fourth-order valence-electron chi connectivity index (χ4n) is 2.25. The van der Waals surface area contributed by atoms with Crippen molar-refractivity contribution in [3.63, 3.8) is 0 Å². The van der Waals surface area contributed by atoms with Gasteiger partial charge in [-0.2, -0.15) is 0 Å². The second-order valence-electron chi connectivity index (χ2n) is 4.98. The van der Waals surface area contributed by atoms with Crippen LogP contribution in [0.4, 0.5) is 5.69 Å². The van der Waals surface area contributed by atoms with E-state index in [4.69, 9.17) is 15.2 Å². The molecule has 0 saturated heterocycles. The lowest BCUT2D eigenvalue weighted by Gasteiger charge is -2.33. The zero-order valence-electron chi connectivity index (χ0n) is 12.7. The lowest BCUT2D eigenvalue weighted by Crippen LogP contribution is -2.39. The van der Waals surface area contributed by atoms with Crippen molar-refractivity contribution in [1.82, 2.24) is 0 Å². The van der Waals surface area contributed by atoms with E-state index in [-0.39, 0.29) is 12.1 Å². The molecule has 0 amide bonds. The van der Waals surface area contributed by atoms with Crippen LogP contribution in [0.5, 0.6) is 0 Å². The van der Waals surface area contributed by atoms with Gasteiger partial charge in [-0.05, 0) is 37.6 Å². The Hall–Kier alpha value is -0.620. The third-order valence-electron chi connectivity index (χ3n) is 3.27. The van der Waals surface area contributed by atoms with Crippen LogP contribution in [-0.2, 0) is 9.47 Å². The van der Waals surface area contributed by atoms with E-state index < -0.39 is 0 Å². The molecule has 0 aliphatic rings. The molecule has 5 heteroatoms. The molecular formula is C15H25BrN2O2. The van der Waals surface area contributed by atoms with Gasteiger partial charge in [0.05, 0.1) is 13.2 Å². The molecule has 20 heavy (non-hydrogen) atoms. The van der Waals surface area contributed by atoms with Gasteiger partial charge in [0.2, 0.25) is 0 Å². The molecule has 0 fully saturated rings. The van der Waals surface area contributed by atoms with Crippen molar-refractivity contribution in [1.29, 1.82) is 0 Å². The second kappa shape index (κ2) is 8.62. The molecule has 2 N–H and O–H groups in total. The molecule has 1 rings (SSSR count). The molecule has 0 spiro atoms. The smallest absolute Gasteiger partial charge is 0.0663 e.